The lowest BCUT2D eigenvalue weighted by Gasteiger charge is -2.33. The van der Waals surface area contributed by atoms with Gasteiger partial charge in [0.1, 0.15) is 5.75 Å². The van der Waals surface area contributed by atoms with Crippen LogP contribution in [0.4, 0.5) is 5.69 Å². The quantitative estimate of drug-likeness (QED) is 0.764. The van der Waals surface area contributed by atoms with Gasteiger partial charge in [0.15, 0.2) is 0 Å². The maximum Gasteiger partial charge on any atom is 0.125 e. The molecule has 0 amide bonds. The molecule has 1 fully saturated rings. The molecule has 0 aromatic heterocycles. The van der Waals surface area contributed by atoms with E-state index in [0.717, 1.165) is 23.9 Å². The first-order valence-corrected chi connectivity index (χ1v) is 5.85. The van der Waals surface area contributed by atoms with Crippen molar-refractivity contribution in [2.75, 3.05) is 12.8 Å². The monoisotopic (exact) mass is 220 g/mol. The second kappa shape index (κ2) is 4.74. The van der Waals surface area contributed by atoms with E-state index in [-0.39, 0.29) is 0 Å². The Hall–Kier alpha value is -1.22. The van der Waals surface area contributed by atoms with E-state index in [1.54, 1.807) is 7.11 Å². The molecular weight excluding hydrogens is 200 g/mol. The summed E-state index contributed by atoms with van der Waals surface area (Å²) < 4.78 is 5.31. The van der Waals surface area contributed by atoms with Gasteiger partial charge in [-0.1, -0.05) is 13.0 Å². The summed E-state index contributed by atoms with van der Waals surface area (Å²) in [6, 6.07) is 6.50. The summed E-state index contributed by atoms with van der Waals surface area (Å²) in [6.07, 6.45) is 2.58. The van der Waals surface area contributed by atoms with Crippen molar-refractivity contribution in [3.8, 4) is 5.75 Å². The SMILES string of the molecule is COc1cc(N)ccc1CNC1CC(C)C1. The molecule has 0 radical (unpaired) electrons. The topological polar surface area (TPSA) is 47.3 Å². The van der Waals surface area contributed by atoms with Gasteiger partial charge in [-0.2, -0.15) is 0 Å². The Labute approximate surface area is 97.0 Å². The number of hydrogen-bond acceptors (Lipinski definition) is 3. The Morgan fingerprint density at radius 3 is 2.81 bits per heavy atom. The zero-order valence-electron chi connectivity index (χ0n) is 9.99. The van der Waals surface area contributed by atoms with E-state index in [0.29, 0.717) is 6.04 Å². The van der Waals surface area contributed by atoms with Crippen LogP contribution in [0.2, 0.25) is 0 Å². The van der Waals surface area contributed by atoms with Crippen LogP contribution in [0, 0.1) is 5.92 Å². The first kappa shape index (κ1) is 11.3. The Bertz CT molecular complexity index is 359. The van der Waals surface area contributed by atoms with Crippen LogP contribution in [-0.2, 0) is 6.54 Å². The summed E-state index contributed by atoms with van der Waals surface area (Å²) in [5.74, 6) is 1.76. The van der Waals surface area contributed by atoms with Crippen molar-refractivity contribution >= 4 is 5.69 Å². The highest BCUT2D eigenvalue weighted by Gasteiger charge is 2.24. The highest BCUT2D eigenvalue weighted by Crippen LogP contribution is 2.27. The fourth-order valence-electron chi connectivity index (χ4n) is 2.23. The maximum atomic E-state index is 5.71. The summed E-state index contributed by atoms with van der Waals surface area (Å²) in [5, 5.41) is 3.54. The molecule has 1 aromatic carbocycles. The van der Waals surface area contributed by atoms with Crippen LogP contribution in [0.25, 0.3) is 0 Å². The number of anilines is 1. The molecule has 0 heterocycles. The van der Waals surface area contributed by atoms with Crippen molar-refractivity contribution in [3.63, 3.8) is 0 Å². The molecule has 0 unspecified atom stereocenters. The molecule has 3 N–H and O–H groups in total. The van der Waals surface area contributed by atoms with Gasteiger partial charge in [-0.15, -0.1) is 0 Å². The maximum absolute atomic E-state index is 5.71. The third kappa shape index (κ3) is 2.47. The van der Waals surface area contributed by atoms with Gasteiger partial charge < -0.3 is 15.8 Å². The molecule has 88 valence electrons. The van der Waals surface area contributed by atoms with E-state index < -0.39 is 0 Å². The minimum Gasteiger partial charge on any atom is -0.496 e. The molecule has 1 aliphatic carbocycles. The number of methoxy groups -OCH3 is 1. The Balaban J connectivity index is 1.93. The van der Waals surface area contributed by atoms with Crippen molar-refractivity contribution in [1.29, 1.82) is 0 Å². The van der Waals surface area contributed by atoms with Gasteiger partial charge in [-0.25, -0.2) is 0 Å². The van der Waals surface area contributed by atoms with E-state index >= 15 is 0 Å². The summed E-state index contributed by atoms with van der Waals surface area (Å²) in [7, 11) is 1.68. The molecular formula is C13H20N2O. The van der Waals surface area contributed by atoms with Gasteiger partial charge in [0.25, 0.3) is 0 Å². The normalized spacial score (nSPS) is 23.9. The van der Waals surface area contributed by atoms with Gasteiger partial charge in [0.2, 0.25) is 0 Å². The van der Waals surface area contributed by atoms with Crippen molar-refractivity contribution in [2.24, 2.45) is 5.92 Å². The number of benzene rings is 1. The van der Waals surface area contributed by atoms with E-state index in [1.807, 2.05) is 18.2 Å². The Morgan fingerprint density at radius 2 is 2.19 bits per heavy atom. The first-order valence-electron chi connectivity index (χ1n) is 5.85. The van der Waals surface area contributed by atoms with E-state index in [1.165, 1.54) is 18.4 Å². The molecule has 3 nitrogen and oxygen atoms in total. The third-order valence-electron chi connectivity index (χ3n) is 3.27. The molecule has 16 heavy (non-hydrogen) atoms. The van der Waals surface area contributed by atoms with E-state index in [4.69, 9.17) is 10.5 Å². The van der Waals surface area contributed by atoms with Gasteiger partial charge in [0.05, 0.1) is 7.11 Å². The molecule has 0 aliphatic heterocycles. The van der Waals surface area contributed by atoms with Gasteiger partial charge >= 0.3 is 0 Å². The number of nitrogen functional groups attached to an aromatic ring is 1. The number of hydrogen-bond donors (Lipinski definition) is 2. The Kier molecular flexibility index (Phi) is 3.34. The molecule has 0 spiro atoms. The van der Waals surface area contributed by atoms with Crippen LogP contribution < -0.4 is 15.8 Å². The number of rotatable bonds is 4. The smallest absolute Gasteiger partial charge is 0.125 e. The summed E-state index contributed by atoms with van der Waals surface area (Å²) in [6.45, 7) is 3.16. The lowest BCUT2D eigenvalue weighted by Crippen LogP contribution is -2.39. The number of ether oxygens (including phenoxy) is 1. The molecule has 3 heteroatoms. The summed E-state index contributed by atoms with van der Waals surface area (Å²) >= 11 is 0. The van der Waals surface area contributed by atoms with Crippen LogP contribution in [-0.4, -0.2) is 13.2 Å². The molecule has 1 saturated carbocycles. The predicted molar refractivity (Wildman–Crippen MR) is 66.4 cm³/mol. The minimum absolute atomic E-state index is 0.678. The zero-order chi connectivity index (χ0) is 11.5. The van der Waals surface area contributed by atoms with E-state index in [9.17, 15) is 0 Å². The average molecular weight is 220 g/mol. The molecule has 0 atom stereocenters. The van der Waals surface area contributed by atoms with Crippen LogP contribution in [0.15, 0.2) is 18.2 Å². The second-order valence-electron chi connectivity index (χ2n) is 4.73. The fourth-order valence-corrected chi connectivity index (χ4v) is 2.23. The van der Waals surface area contributed by atoms with E-state index in [2.05, 4.69) is 12.2 Å². The second-order valence-corrected chi connectivity index (χ2v) is 4.73. The zero-order valence-corrected chi connectivity index (χ0v) is 9.99. The highest BCUT2D eigenvalue weighted by atomic mass is 16.5. The predicted octanol–water partition coefficient (Wildman–Crippen LogP) is 2.17. The Morgan fingerprint density at radius 1 is 1.44 bits per heavy atom. The van der Waals surface area contributed by atoms with Crippen molar-refractivity contribution < 1.29 is 4.74 Å². The lowest BCUT2D eigenvalue weighted by molar-refractivity contribution is 0.239. The van der Waals surface area contributed by atoms with Crippen LogP contribution >= 0.6 is 0 Å². The average Bonchev–Trinajstić information content (AvgIpc) is 2.24. The molecule has 2 rings (SSSR count). The number of nitrogens with one attached hydrogen (secondary N) is 1. The molecule has 1 aromatic rings. The van der Waals surface area contributed by atoms with Gasteiger partial charge in [0, 0.05) is 29.9 Å². The summed E-state index contributed by atoms with van der Waals surface area (Å²) in [4.78, 5) is 0. The van der Waals surface area contributed by atoms with Crippen LogP contribution in [0.3, 0.4) is 0 Å². The lowest BCUT2D eigenvalue weighted by atomic mass is 9.82. The highest BCUT2D eigenvalue weighted by molar-refractivity contribution is 5.48. The fraction of sp³-hybridized carbons (Fsp3) is 0.538. The van der Waals surface area contributed by atoms with Gasteiger partial charge in [-0.05, 0) is 24.8 Å². The van der Waals surface area contributed by atoms with Crippen molar-refractivity contribution in [1.82, 2.24) is 5.32 Å². The summed E-state index contributed by atoms with van der Waals surface area (Å²) in [5.41, 5.74) is 7.64. The van der Waals surface area contributed by atoms with Crippen molar-refractivity contribution in [2.45, 2.75) is 32.4 Å². The molecule has 0 saturated heterocycles. The first-order chi connectivity index (χ1) is 7.69. The van der Waals surface area contributed by atoms with Crippen LogP contribution in [0.5, 0.6) is 5.75 Å². The third-order valence-corrected chi connectivity index (χ3v) is 3.27. The van der Waals surface area contributed by atoms with Crippen LogP contribution in [0.1, 0.15) is 25.3 Å². The molecule has 1 aliphatic rings. The largest absolute Gasteiger partial charge is 0.496 e. The molecule has 0 bridgehead atoms. The standard InChI is InChI=1S/C13H20N2O/c1-9-5-12(6-9)15-8-10-3-4-11(14)7-13(10)16-2/h3-4,7,9,12,15H,5-6,8,14H2,1-2H3. The number of nitrogens with two attached hydrogens (primary N) is 1. The minimum atomic E-state index is 0.678. The van der Waals surface area contributed by atoms with Crippen molar-refractivity contribution in [3.05, 3.63) is 23.8 Å². The van der Waals surface area contributed by atoms with Gasteiger partial charge in [-0.3, -0.25) is 0 Å².